The van der Waals surface area contributed by atoms with Crippen LogP contribution in [0.2, 0.25) is 0 Å². The third-order valence-corrected chi connectivity index (χ3v) is 2.87. The molecule has 1 heterocycles. The van der Waals surface area contributed by atoms with Gasteiger partial charge >= 0.3 is 7.12 Å². The molecular formula is C11H15BFNO3. The highest BCUT2D eigenvalue weighted by molar-refractivity contribution is 6.58. The molecule has 92 valence electrons. The van der Waals surface area contributed by atoms with Crippen LogP contribution in [-0.4, -0.2) is 48.4 Å². The Hall–Kier alpha value is -0.945. The van der Waals surface area contributed by atoms with Gasteiger partial charge in [0.2, 0.25) is 0 Å². The lowest BCUT2D eigenvalue weighted by Gasteiger charge is -2.26. The van der Waals surface area contributed by atoms with Gasteiger partial charge in [-0.15, -0.1) is 0 Å². The lowest BCUT2D eigenvalue weighted by molar-refractivity contribution is 0.0337. The predicted molar refractivity (Wildman–Crippen MR) is 62.3 cm³/mol. The van der Waals surface area contributed by atoms with Crippen LogP contribution in [0, 0.1) is 5.82 Å². The Kier molecular flexibility index (Phi) is 4.12. The summed E-state index contributed by atoms with van der Waals surface area (Å²) in [6, 6.07) is 4.14. The summed E-state index contributed by atoms with van der Waals surface area (Å²) in [5, 5.41) is 18.1. The van der Waals surface area contributed by atoms with E-state index in [-0.39, 0.29) is 5.82 Å². The van der Waals surface area contributed by atoms with Gasteiger partial charge < -0.3 is 14.8 Å². The van der Waals surface area contributed by atoms with E-state index in [4.69, 9.17) is 14.8 Å². The molecule has 2 rings (SSSR count). The highest BCUT2D eigenvalue weighted by Gasteiger charge is 2.16. The third-order valence-electron chi connectivity index (χ3n) is 2.87. The van der Waals surface area contributed by atoms with Crippen LogP contribution in [0.4, 0.5) is 4.39 Å². The van der Waals surface area contributed by atoms with Crippen molar-refractivity contribution in [3.8, 4) is 0 Å². The monoisotopic (exact) mass is 239 g/mol. The van der Waals surface area contributed by atoms with Crippen LogP contribution in [0.15, 0.2) is 18.2 Å². The SMILES string of the molecule is OB(O)c1ccc(F)c(CN2CCOCC2)c1. The van der Waals surface area contributed by atoms with Crippen LogP contribution in [0.5, 0.6) is 0 Å². The Bertz CT molecular complexity index is 383. The largest absolute Gasteiger partial charge is 0.488 e. The Morgan fingerprint density at radius 3 is 2.65 bits per heavy atom. The minimum atomic E-state index is -1.56. The first-order chi connectivity index (χ1) is 8.16. The summed E-state index contributed by atoms with van der Waals surface area (Å²) in [6.07, 6.45) is 0. The molecule has 1 aliphatic heterocycles. The third kappa shape index (κ3) is 3.26. The van der Waals surface area contributed by atoms with E-state index in [2.05, 4.69) is 4.90 Å². The highest BCUT2D eigenvalue weighted by Crippen LogP contribution is 2.10. The van der Waals surface area contributed by atoms with E-state index in [1.165, 1.54) is 18.2 Å². The van der Waals surface area contributed by atoms with E-state index in [9.17, 15) is 4.39 Å². The molecule has 0 aliphatic carbocycles. The first-order valence-electron chi connectivity index (χ1n) is 5.61. The fourth-order valence-electron chi connectivity index (χ4n) is 1.88. The van der Waals surface area contributed by atoms with Gasteiger partial charge in [-0.2, -0.15) is 0 Å². The van der Waals surface area contributed by atoms with Crippen molar-refractivity contribution in [3.63, 3.8) is 0 Å². The Balaban J connectivity index is 2.10. The van der Waals surface area contributed by atoms with E-state index in [0.29, 0.717) is 30.8 Å². The highest BCUT2D eigenvalue weighted by atomic mass is 19.1. The Morgan fingerprint density at radius 1 is 1.29 bits per heavy atom. The topological polar surface area (TPSA) is 52.9 Å². The molecule has 1 fully saturated rings. The molecule has 6 heteroatoms. The average molecular weight is 239 g/mol. The number of hydrogen-bond acceptors (Lipinski definition) is 4. The molecule has 1 aromatic carbocycles. The number of morpholine rings is 1. The maximum absolute atomic E-state index is 13.6. The number of nitrogens with zero attached hydrogens (tertiary/aromatic N) is 1. The Morgan fingerprint density at radius 2 is 2.00 bits per heavy atom. The van der Waals surface area contributed by atoms with Gasteiger partial charge in [-0.05, 0) is 11.5 Å². The van der Waals surface area contributed by atoms with Crippen LogP contribution >= 0.6 is 0 Å². The molecule has 0 unspecified atom stereocenters. The molecule has 1 aliphatic rings. The van der Waals surface area contributed by atoms with Gasteiger partial charge in [0.1, 0.15) is 5.82 Å². The normalized spacial score (nSPS) is 17.1. The standard InChI is InChI=1S/C11H15BFNO3/c13-11-2-1-10(12(15)16)7-9(11)8-14-3-5-17-6-4-14/h1-2,7,15-16H,3-6,8H2. The summed E-state index contributed by atoms with van der Waals surface area (Å²) in [7, 11) is -1.56. The van der Waals surface area contributed by atoms with Crippen LogP contribution < -0.4 is 5.46 Å². The number of hydrogen-bond donors (Lipinski definition) is 2. The minimum Gasteiger partial charge on any atom is -0.423 e. The lowest BCUT2D eigenvalue weighted by atomic mass is 9.79. The first kappa shape index (κ1) is 12.5. The minimum absolute atomic E-state index is 0.314. The van der Waals surface area contributed by atoms with E-state index in [1.807, 2.05) is 0 Å². The van der Waals surface area contributed by atoms with Crippen LogP contribution in [0.1, 0.15) is 5.56 Å². The molecule has 2 N–H and O–H groups in total. The molecule has 0 aromatic heterocycles. The van der Waals surface area contributed by atoms with Crippen LogP contribution in [-0.2, 0) is 11.3 Å². The van der Waals surface area contributed by atoms with Gasteiger partial charge in [-0.1, -0.05) is 12.1 Å². The van der Waals surface area contributed by atoms with E-state index in [1.54, 1.807) is 0 Å². The van der Waals surface area contributed by atoms with Gasteiger partial charge in [0.25, 0.3) is 0 Å². The van der Waals surface area contributed by atoms with Crippen molar-refractivity contribution >= 4 is 12.6 Å². The second kappa shape index (κ2) is 5.60. The molecule has 4 nitrogen and oxygen atoms in total. The van der Waals surface area contributed by atoms with Crippen molar-refractivity contribution in [2.45, 2.75) is 6.54 Å². The zero-order chi connectivity index (χ0) is 12.3. The van der Waals surface area contributed by atoms with Gasteiger partial charge in [-0.3, -0.25) is 4.90 Å². The second-order valence-electron chi connectivity index (χ2n) is 4.11. The van der Waals surface area contributed by atoms with Crippen molar-refractivity contribution < 1.29 is 19.2 Å². The molecule has 1 aromatic rings. The molecule has 0 atom stereocenters. The van der Waals surface area contributed by atoms with Crippen molar-refractivity contribution in [3.05, 3.63) is 29.6 Å². The maximum atomic E-state index is 13.6. The maximum Gasteiger partial charge on any atom is 0.488 e. The smallest absolute Gasteiger partial charge is 0.423 e. The van der Waals surface area contributed by atoms with Gasteiger partial charge in [0, 0.05) is 25.2 Å². The summed E-state index contributed by atoms with van der Waals surface area (Å²) in [5.41, 5.74) is 0.798. The quantitative estimate of drug-likeness (QED) is 0.687. The molecule has 17 heavy (non-hydrogen) atoms. The van der Waals surface area contributed by atoms with Crippen molar-refractivity contribution in [1.82, 2.24) is 4.90 Å². The van der Waals surface area contributed by atoms with Crippen LogP contribution in [0.3, 0.4) is 0 Å². The first-order valence-corrected chi connectivity index (χ1v) is 5.61. The summed E-state index contributed by atoms with van der Waals surface area (Å²) < 4.78 is 18.8. The van der Waals surface area contributed by atoms with Crippen molar-refractivity contribution in [1.29, 1.82) is 0 Å². The zero-order valence-electron chi connectivity index (χ0n) is 9.47. The molecular weight excluding hydrogens is 224 g/mol. The van der Waals surface area contributed by atoms with Gasteiger partial charge in [0.05, 0.1) is 13.2 Å². The fourth-order valence-corrected chi connectivity index (χ4v) is 1.88. The molecule has 0 saturated carbocycles. The average Bonchev–Trinajstić information content (AvgIpc) is 2.33. The van der Waals surface area contributed by atoms with Crippen molar-refractivity contribution in [2.24, 2.45) is 0 Å². The molecule has 0 bridgehead atoms. The summed E-state index contributed by atoms with van der Waals surface area (Å²) in [5.74, 6) is -0.319. The number of rotatable bonds is 3. The molecule has 0 spiro atoms. The summed E-state index contributed by atoms with van der Waals surface area (Å²) >= 11 is 0. The molecule has 1 saturated heterocycles. The van der Waals surface area contributed by atoms with Crippen LogP contribution in [0.25, 0.3) is 0 Å². The van der Waals surface area contributed by atoms with Gasteiger partial charge in [0.15, 0.2) is 0 Å². The van der Waals surface area contributed by atoms with E-state index in [0.717, 1.165) is 13.1 Å². The van der Waals surface area contributed by atoms with Crippen molar-refractivity contribution in [2.75, 3.05) is 26.3 Å². The number of benzene rings is 1. The molecule has 0 radical (unpaired) electrons. The second-order valence-corrected chi connectivity index (χ2v) is 4.11. The molecule has 0 amide bonds. The van der Waals surface area contributed by atoms with E-state index < -0.39 is 7.12 Å². The van der Waals surface area contributed by atoms with E-state index >= 15 is 0 Å². The fraction of sp³-hybridized carbons (Fsp3) is 0.455. The lowest BCUT2D eigenvalue weighted by Crippen LogP contribution is -2.36. The summed E-state index contributed by atoms with van der Waals surface area (Å²) in [6.45, 7) is 3.32. The predicted octanol–water partition coefficient (Wildman–Crippen LogP) is -0.662. The zero-order valence-corrected chi connectivity index (χ0v) is 9.47. The Labute approximate surface area is 99.8 Å². The number of ether oxygens (including phenoxy) is 1. The number of halogens is 1. The summed E-state index contributed by atoms with van der Waals surface area (Å²) in [4.78, 5) is 2.08. The van der Waals surface area contributed by atoms with Gasteiger partial charge in [-0.25, -0.2) is 4.39 Å².